The summed E-state index contributed by atoms with van der Waals surface area (Å²) in [7, 11) is 0. The number of benzene rings is 3. The minimum absolute atomic E-state index is 0.179. The highest BCUT2D eigenvalue weighted by Gasteiger charge is 2.39. The van der Waals surface area contributed by atoms with Crippen molar-refractivity contribution in [3.63, 3.8) is 0 Å². The van der Waals surface area contributed by atoms with Crippen LogP contribution in [0.5, 0.6) is 0 Å². The summed E-state index contributed by atoms with van der Waals surface area (Å²) in [5.74, 6) is 0.448. The monoisotopic (exact) mass is 355 g/mol. The molecular weight excluding hydrogens is 334 g/mol. The first-order valence-electron chi connectivity index (χ1n) is 9.77. The molecule has 1 saturated heterocycles. The molecule has 1 N–H and O–H groups in total. The molecule has 1 fully saturated rings. The van der Waals surface area contributed by atoms with E-state index in [-0.39, 0.29) is 12.1 Å². The summed E-state index contributed by atoms with van der Waals surface area (Å²) in [6, 6.07) is 23.7. The molecule has 0 saturated carbocycles. The number of nitrogens with one attached hydrogen (secondary N) is 1. The normalized spacial score (nSPS) is 24.4. The lowest BCUT2D eigenvalue weighted by Gasteiger charge is -2.43. The molecule has 6 rings (SSSR count). The summed E-state index contributed by atoms with van der Waals surface area (Å²) in [4.78, 5) is 0. The number of hydrogen-bond acceptors (Lipinski definition) is 3. The van der Waals surface area contributed by atoms with Gasteiger partial charge in [-0.25, -0.2) is 0 Å². The molecule has 4 aromatic rings. The SMILES string of the molecule is c1ccc2c(c1)N[C@H](c1ccc3oc4ccccc4c3c1)[C@H]1CCCO[C@@H]21. The maximum absolute atomic E-state index is 6.24. The molecule has 3 atom stereocenters. The van der Waals surface area contributed by atoms with Gasteiger partial charge in [0.25, 0.3) is 0 Å². The zero-order chi connectivity index (χ0) is 17.8. The lowest BCUT2D eigenvalue weighted by molar-refractivity contribution is -0.0381. The van der Waals surface area contributed by atoms with Crippen molar-refractivity contribution >= 4 is 27.6 Å². The second-order valence-corrected chi connectivity index (χ2v) is 7.66. The van der Waals surface area contributed by atoms with Gasteiger partial charge in [-0.2, -0.15) is 0 Å². The molecule has 0 amide bonds. The van der Waals surface area contributed by atoms with Crippen molar-refractivity contribution in [3.05, 3.63) is 77.9 Å². The summed E-state index contributed by atoms with van der Waals surface area (Å²) < 4.78 is 12.3. The molecule has 0 aliphatic carbocycles. The van der Waals surface area contributed by atoms with Crippen LogP contribution < -0.4 is 5.32 Å². The van der Waals surface area contributed by atoms with Crippen molar-refractivity contribution in [2.24, 2.45) is 5.92 Å². The van der Waals surface area contributed by atoms with Gasteiger partial charge in [0.1, 0.15) is 11.2 Å². The molecule has 1 aromatic heterocycles. The lowest BCUT2D eigenvalue weighted by Crippen LogP contribution is -2.35. The third kappa shape index (κ3) is 2.31. The Morgan fingerprint density at radius 1 is 0.852 bits per heavy atom. The first kappa shape index (κ1) is 15.3. The van der Waals surface area contributed by atoms with Crippen LogP contribution in [-0.2, 0) is 4.74 Å². The molecule has 2 aliphatic rings. The zero-order valence-electron chi connectivity index (χ0n) is 15.0. The highest BCUT2D eigenvalue weighted by molar-refractivity contribution is 6.05. The summed E-state index contributed by atoms with van der Waals surface area (Å²) in [5, 5.41) is 6.18. The van der Waals surface area contributed by atoms with E-state index in [1.165, 1.54) is 34.0 Å². The van der Waals surface area contributed by atoms with Crippen molar-refractivity contribution in [3.8, 4) is 0 Å². The fourth-order valence-corrected chi connectivity index (χ4v) is 4.88. The van der Waals surface area contributed by atoms with Gasteiger partial charge in [-0.05, 0) is 42.7 Å². The minimum atomic E-state index is 0.179. The van der Waals surface area contributed by atoms with E-state index in [0.29, 0.717) is 5.92 Å². The van der Waals surface area contributed by atoms with Crippen LogP contribution >= 0.6 is 0 Å². The quantitative estimate of drug-likeness (QED) is 0.440. The average Bonchev–Trinajstić information content (AvgIpc) is 3.11. The Kier molecular flexibility index (Phi) is 3.32. The summed E-state index contributed by atoms with van der Waals surface area (Å²) in [5.41, 5.74) is 5.71. The Labute approximate surface area is 157 Å². The van der Waals surface area contributed by atoms with E-state index in [2.05, 4.69) is 59.9 Å². The van der Waals surface area contributed by atoms with Crippen LogP contribution in [0.1, 0.15) is 36.1 Å². The molecule has 0 spiro atoms. The summed E-state index contributed by atoms with van der Waals surface area (Å²) >= 11 is 0. The Hall–Kier alpha value is -2.78. The standard InChI is InChI=1S/C24H21NO2/c1-3-9-20-17(7-1)24-18(8-5-13-26-24)23(25-20)15-11-12-22-19(14-15)16-6-2-4-10-21(16)27-22/h1-4,6-7,9-12,14,18,23-25H,5,8,13H2/t18-,23-,24+/m1/s1. The predicted octanol–water partition coefficient (Wildman–Crippen LogP) is 6.22. The Morgan fingerprint density at radius 3 is 2.70 bits per heavy atom. The maximum Gasteiger partial charge on any atom is 0.135 e. The summed E-state index contributed by atoms with van der Waals surface area (Å²) in [6.07, 6.45) is 2.48. The number of para-hydroxylation sites is 2. The van der Waals surface area contributed by atoms with Crippen LogP contribution in [0.2, 0.25) is 0 Å². The molecule has 0 radical (unpaired) electrons. The first-order valence-corrected chi connectivity index (χ1v) is 9.77. The second kappa shape index (κ2) is 5.86. The van der Waals surface area contributed by atoms with Gasteiger partial charge < -0.3 is 14.5 Å². The van der Waals surface area contributed by atoms with Crippen LogP contribution in [-0.4, -0.2) is 6.61 Å². The second-order valence-electron chi connectivity index (χ2n) is 7.66. The van der Waals surface area contributed by atoms with E-state index in [4.69, 9.17) is 9.15 Å². The fourth-order valence-electron chi connectivity index (χ4n) is 4.88. The number of hydrogen-bond donors (Lipinski definition) is 1. The van der Waals surface area contributed by atoms with Crippen molar-refractivity contribution in [2.75, 3.05) is 11.9 Å². The van der Waals surface area contributed by atoms with Crippen LogP contribution in [0.25, 0.3) is 21.9 Å². The largest absolute Gasteiger partial charge is 0.456 e. The molecule has 134 valence electrons. The van der Waals surface area contributed by atoms with Gasteiger partial charge in [0.05, 0.1) is 12.1 Å². The van der Waals surface area contributed by atoms with E-state index in [1.807, 2.05) is 12.1 Å². The summed E-state index contributed by atoms with van der Waals surface area (Å²) in [6.45, 7) is 0.855. The number of ether oxygens (including phenoxy) is 1. The number of rotatable bonds is 1. The van der Waals surface area contributed by atoms with Gasteiger partial charge in [-0.1, -0.05) is 42.5 Å². The third-order valence-electron chi connectivity index (χ3n) is 6.13. The van der Waals surface area contributed by atoms with Gasteiger partial charge in [0, 0.05) is 34.5 Å². The van der Waals surface area contributed by atoms with E-state index in [1.54, 1.807) is 0 Å². The predicted molar refractivity (Wildman–Crippen MR) is 108 cm³/mol. The number of furan rings is 1. The first-order chi connectivity index (χ1) is 13.4. The van der Waals surface area contributed by atoms with E-state index in [0.717, 1.165) is 24.2 Å². The van der Waals surface area contributed by atoms with Crippen molar-refractivity contribution in [1.29, 1.82) is 0 Å². The molecule has 3 nitrogen and oxygen atoms in total. The number of fused-ring (bicyclic) bond motifs is 6. The zero-order valence-corrected chi connectivity index (χ0v) is 15.0. The van der Waals surface area contributed by atoms with Gasteiger partial charge in [-0.15, -0.1) is 0 Å². The molecule has 3 heterocycles. The van der Waals surface area contributed by atoms with Crippen molar-refractivity contribution in [1.82, 2.24) is 0 Å². The highest BCUT2D eigenvalue weighted by atomic mass is 16.5. The minimum Gasteiger partial charge on any atom is -0.456 e. The molecule has 0 bridgehead atoms. The highest BCUT2D eigenvalue weighted by Crippen LogP contribution is 2.49. The molecule has 3 aromatic carbocycles. The Bertz CT molecular complexity index is 1150. The fraction of sp³-hybridized carbons (Fsp3) is 0.250. The van der Waals surface area contributed by atoms with Crippen LogP contribution in [0.3, 0.4) is 0 Å². The Balaban J connectivity index is 1.50. The third-order valence-corrected chi connectivity index (χ3v) is 6.13. The molecule has 27 heavy (non-hydrogen) atoms. The smallest absolute Gasteiger partial charge is 0.135 e. The molecular formula is C24H21NO2. The number of anilines is 1. The van der Waals surface area contributed by atoms with Crippen molar-refractivity contribution in [2.45, 2.75) is 25.0 Å². The molecule has 0 unspecified atom stereocenters. The van der Waals surface area contributed by atoms with Crippen LogP contribution in [0.4, 0.5) is 5.69 Å². The van der Waals surface area contributed by atoms with Gasteiger partial charge in [0.15, 0.2) is 0 Å². The van der Waals surface area contributed by atoms with E-state index < -0.39 is 0 Å². The van der Waals surface area contributed by atoms with E-state index in [9.17, 15) is 0 Å². The topological polar surface area (TPSA) is 34.4 Å². The average molecular weight is 355 g/mol. The van der Waals surface area contributed by atoms with Crippen molar-refractivity contribution < 1.29 is 9.15 Å². The molecule has 2 aliphatic heterocycles. The lowest BCUT2D eigenvalue weighted by atomic mass is 9.77. The Morgan fingerprint density at radius 2 is 1.70 bits per heavy atom. The molecule has 3 heteroatoms. The van der Waals surface area contributed by atoms with Crippen LogP contribution in [0.15, 0.2) is 71.1 Å². The maximum atomic E-state index is 6.24. The van der Waals surface area contributed by atoms with E-state index >= 15 is 0 Å². The van der Waals surface area contributed by atoms with Gasteiger partial charge >= 0.3 is 0 Å². The van der Waals surface area contributed by atoms with Crippen LogP contribution in [0, 0.1) is 5.92 Å². The van der Waals surface area contributed by atoms with Gasteiger partial charge in [-0.3, -0.25) is 0 Å². The van der Waals surface area contributed by atoms with Gasteiger partial charge in [0.2, 0.25) is 0 Å².